The molecule has 2 fully saturated rings. The fourth-order valence-electron chi connectivity index (χ4n) is 2.95. The van der Waals surface area contributed by atoms with Crippen LogP contribution in [0.4, 0.5) is 19.0 Å². The number of piperazine rings is 1. The second-order valence-electron chi connectivity index (χ2n) is 6.41. The van der Waals surface area contributed by atoms with Gasteiger partial charge in [-0.1, -0.05) is 6.07 Å². The predicted octanol–water partition coefficient (Wildman–Crippen LogP) is 1.71. The minimum Gasteiger partial charge on any atom is -0.477 e. The Balaban J connectivity index is 0.000000345. The zero-order valence-corrected chi connectivity index (χ0v) is 15.1. The Kier molecular flexibility index (Phi) is 7.58. The van der Waals surface area contributed by atoms with Crippen LogP contribution in [-0.2, 0) is 9.53 Å². The zero-order valence-electron chi connectivity index (χ0n) is 15.1. The fraction of sp³-hybridized carbons (Fsp3) is 0.588. The predicted molar refractivity (Wildman–Crippen MR) is 92.5 cm³/mol. The molecule has 1 aromatic rings. The summed E-state index contributed by atoms with van der Waals surface area (Å²) in [6.07, 6.45) is -2.34. The van der Waals surface area contributed by atoms with Gasteiger partial charge in [-0.15, -0.1) is 0 Å². The first-order chi connectivity index (χ1) is 13.2. The molecule has 8 nitrogen and oxygen atoms in total. The van der Waals surface area contributed by atoms with Crippen LogP contribution in [0.25, 0.3) is 0 Å². The summed E-state index contributed by atoms with van der Waals surface area (Å²) in [5.41, 5.74) is 0.106. The third-order valence-electron chi connectivity index (χ3n) is 4.38. The molecule has 0 amide bonds. The first-order valence-electron chi connectivity index (χ1n) is 8.76. The molecule has 0 bridgehead atoms. The van der Waals surface area contributed by atoms with Crippen molar-refractivity contribution in [2.45, 2.75) is 25.1 Å². The van der Waals surface area contributed by atoms with E-state index in [0.717, 1.165) is 45.1 Å². The van der Waals surface area contributed by atoms with E-state index in [9.17, 15) is 18.0 Å². The van der Waals surface area contributed by atoms with Crippen molar-refractivity contribution in [1.82, 2.24) is 9.88 Å². The smallest absolute Gasteiger partial charge is 0.477 e. The number of aromatic nitrogens is 1. The molecule has 28 heavy (non-hydrogen) atoms. The van der Waals surface area contributed by atoms with Crippen molar-refractivity contribution in [3.63, 3.8) is 0 Å². The molecule has 3 rings (SSSR count). The Labute approximate surface area is 159 Å². The van der Waals surface area contributed by atoms with Gasteiger partial charge in [0.1, 0.15) is 5.82 Å². The van der Waals surface area contributed by atoms with Crippen molar-refractivity contribution >= 4 is 17.8 Å². The van der Waals surface area contributed by atoms with Crippen LogP contribution in [0.1, 0.15) is 23.3 Å². The second-order valence-corrected chi connectivity index (χ2v) is 6.41. The molecule has 1 atom stereocenters. The van der Waals surface area contributed by atoms with Gasteiger partial charge >= 0.3 is 18.1 Å². The Morgan fingerprint density at radius 1 is 1.18 bits per heavy atom. The highest BCUT2D eigenvalue weighted by molar-refractivity contribution is 5.85. The third kappa shape index (κ3) is 6.64. The number of anilines is 1. The number of ether oxygens (including phenoxy) is 1. The highest BCUT2D eigenvalue weighted by Gasteiger charge is 2.38. The van der Waals surface area contributed by atoms with E-state index in [-0.39, 0.29) is 5.69 Å². The van der Waals surface area contributed by atoms with Gasteiger partial charge in [-0.25, -0.2) is 14.6 Å². The van der Waals surface area contributed by atoms with Crippen molar-refractivity contribution in [1.29, 1.82) is 0 Å². The molecule has 0 spiro atoms. The average molecular weight is 405 g/mol. The van der Waals surface area contributed by atoms with Crippen LogP contribution < -0.4 is 4.90 Å². The van der Waals surface area contributed by atoms with Gasteiger partial charge in [-0.05, 0) is 25.0 Å². The van der Waals surface area contributed by atoms with E-state index in [1.54, 1.807) is 6.07 Å². The topological polar surface area (TPSA) is 103 Å². The number of carbonyl (C=O) groups is 2. The van der Waals surface area contributed by atoms with E-state index >= 15 is 0 Å². The van der Waals surface area contributed by atoms with E-state index in [4.69, 9.17) is 19.7 Å². The minimum atomic E-state index is -5.08. The quantitative estimate of drug-likeness (QED) is 0.781. The lowest BCUT2D eigenvalue weighted by Gasteiger charge is -2.36. The molecule has 1 unspecified atom stereocenters. The van der Waals surface area contributed by atoms with Gasteiger partial charge in [0, 0.05) is 39.3 Å². The van der Waals surface area contributed by atoms with Gasteiger partial charge in [-0.3, -0.25) is 4.90 Å². The number of halogens is 3. The molecule has 0 aromatic carbocycles. The number of carboxylic acid groups (broad SMARTS) is 2. The largest absolute Gasteiger partial charge is 0.490 e. The maximum Gasteiger partial charge on any atom is 0.490 e. The maximum atomic E-state index is 11.0. The molecule has 156 valence electrons. The Hall–Kier alpha value is -2.40. The number of nitrogens with zero attached hydrogens (tertiary/aromatic N) is 3. The summed E-state index contributed by atoms with van der Waals surface area (Å²) in [7, 11) is 0. The van der Waals surface area contributed by atoms with Crippen molar-refractivity contribution < 1.29 is 37.7 Å². The van der Waals surface area contributed by atoms with Crippen molar-refractivity contribution in [2.75, 3.05) is 44.2 Å². The van der Waals surface area contributed by atoms with E-state index in [2.05, 4.69) is 14.8 Å². The summed E-state index contributed by atoms with van der Waals surface area (Å²) in [6.45, 7) is 5.61. The zero-order chi connectivity index (χ0) is 20.7. The summed E-state index contributed by atoms with van der Waals surface area (Å²) in [4.78, 5) is 28.7. The molecule has 2 aliphatic heterocycles. The first-order valence-corrected chi connectivity index (χ1v) is 8.76. The number of pyridine rings is 1. The lowest BCUT2D eigenvalue weighted by atomic mass is 10.2. The van der Waals surface area contributed by atoms with E-state index in [1.165, 1.54) is 18.9 Å². The van der Waals surface area contributed by atoms with Crippen LogP contribution in [0.15, 0.2) is 18.2 Å². The van der Waals surface area contributed by atoms with Crippen LogP contribution in [-0.4, -0.2) is 83.6 Å². The van der Waals surface area contributed by atoms with Crippen LogP contribution in [0.2, 0.25) is 0 Å². The fourth-order valence-corrected chi connectivity index (χ4v) is 2.95. The summed E-state index contributed by atoms with van der Waals surface area (Å²) in [6, 6.07) is 5.16. The molecule has 11 heteroatoms. The number of rotatable bonds is 4. The molecule has 2 aliphatic rings. The monoisotopic (exact) mass is 405 g/mol. The van der Waals surface area contributed by atoms with Gasteiger partial charge in [0.2, 0.25) is 0 Å². The Bertz CT molecular complexity index is 672. The summed E-state index contributed by atoms with van der Waals surface area (Å²) < 4.78 is 37.4. The lowest BCUT2D eigenvalue weighted by Crippen LogP contribution is -2.48. The van der Waals surface area contributed by atoms with Crippen LogP contribution in [0.3, 0.4) is 0 Å². The summed E-state index contributed by atoms with van der Waals surface area (Å²) >= 11 is 0. The molecule has 2 N–H and O–H groups in total. The number of carboxylic acids is 2. The van der Waals surface area contributed by atoms with Crippen LogP contribution >= 0.6 is 0 Å². The van der Waals surface area contributed by atoms with Gasteiger partial charge in [0.25, 0.3) is 0 Å². The number of hydrogen-bond acceptors (Lipinski definition) is 6. The molecule has 2 saturated heterocycles. The Morgan fingerprint density at radius 2 is 1.82 bits per heavy atom. The lowest BCUT2D eigenvalue weighted by molar-refractivity contribution is -0.192. The molecule has 1 aromatic heterocycles. The highest BCUT2D eigenvalue weighted by Crippen LogP contribution is 2.17. The molecule has 0 saturated carbocycles. The molecule has 0 aliphatic carbocycles. The van der Waals surface area contributed by atoms with E-state index in [1.807, 2.05) is 6.07 Å². The molecule has 3 heterocycles. The minimum absolute atomic E-state index is 0.106. The average Bonchev–Trinajstić information content (AvgIpc) is 3.15. The van der Waals surface area contributed by atoms with Gasteiger partial charge in [0.05, 0.1) is 6.10 Å². The van der Waals surface area contributed by atoms with E-state index < -0.39 is 18.1 Å². The standard InChI is InChI=1S/C15H21N3O3.C2HF3O2/c19-15(20)13-4-1-5-14(16-13)18-8-6-17(7-9-18)11-12-3-2-10-21-12;3-2(4,5)1(6)7/h1,4-5,12H,2-3,6-11H2,(H,19,20);(H,6,7). The van der Waals surface area contributed by atoms with Gasteiger partial charge < -0.3 is 19.8 Å². The normalized spacial score (nSPS) is 20.4. The molecular formula is C17H22F3N3O5. The summed E-state index contributed by atoms with van der Waals surface area (Å²) in [5, 5.41) is 16.1. The maximum absolute atomic E-state index is 11.0. The number of alkyl halides is 3. The van der Waals surface area contributed by atoms with E-state index in [0.29, 0.717) is 6.10 Å². The molecule has 0 radical (unpaired) electrons. The van der Waals surface area contributed by atoms with Gasteiger partial charge in [-0.2, -0.15) is 13.2 Å². The first kappa shape index (κ1) is 21.9. The van der Waals surface area contributed by atoms with Gasteiger partial charge in [0.15, 0.2) is 5.69 Å². The van der Waals surface area contributed by atoms with Crippen molar-refractivity contribution in [3.8, 4) is 0 Å². The van der Waals surface area contributed by atoms with Crippen LogP contribution in [0, 0.1) is 0 Å². The second kappa shape index (κ2) is 9.69. The number of aromatic carboxylic acids is 1. The Morgan fingerprint density at radius 3 is 2.32 bits per heavy atom. The highest BCUT2D eigenvalue weighted by atomic mass is 19.4. The molecular weight excluding hydrogens is 383 g/mol. The van der Waals surface area contributed by atoms with Crippen LogP contribution in [0.5, 0.6) is 0 Å². The SMILES string of the molecule is O=C(O)C(F)(F)F.O=C(O)c1cccc(N2CCN(CC3CCCO3)CC2)n1. The third-order valence-corrected chi connectivity index (χ3v) is 4.38. The van der Waals surface area contributed by atoms with Crippen molar-refractivity contribution in [2.24, 2.45) is 0 Å². The summed E-state index contributed by atoms with van der Waals surface area (Å²) in [5.74, 6) is -2.98. The van der Waals surface area contributed by atoms with Crippen molar-refractivity contribution in [3.05, 3.63) is 23.9 Å². The number of hydrogen-bond donors (Lipinski definition) is 2. The number of aliphatic carboxylic acids is 1.